The second-order valence-corrected chi connectivity index (χ2v) is 6.59. The second-order valence-electron chi connectivity index (χ2n) is 6.59. The molecule has 1 unspecified atom stereocenters. The summed E-state index contributed by atoms with van der Waals surface area (Å²) >= 11 is 0. The zero-order chi connectivity index (χ0) is 17.2. The van der Waals surface area contributed by atoms with Gasteiger partial charge in [-0.05, 0) is 31.0 Å². The largest absolute Gasteiger partial charge is 0.399 e. The average Bonchev–Trinajstić information content (AvgIpc) is 3.03. The standard InChI is InChI=1S/C19H22N6/c20-15-3-1-2-14(12-15)4-5-16-6-7-17-13-24(10-11-25(16)17)19-18(21)22-8-9-23-19/h1-3,8-9,12,16-17H,6-7,10-11,13,20H2,(H2,21,22)/t16?,17-/m0/s1. The average molecular weight is 334 g/mol. The van der Waals surface area contributed by atoms with E-state index in [1.165, 1.54) is 0 Å². The molecule has 0 bridgehead atoms. The number of benzene rings is 1. The molecule has 0 aliphatic carbocycles. The Morgan fingerprint density at radius 2 is 1.96 bits per heavy atom. The highest BCUT2D eigenvalue weighted by molar-refractivity contribution is 5.57. The van der Waals surface area contributed by atoms with Gasteiger partial charge in [-0.3, -0.25) is 4.90 Å². The molecule has 0 radical (unpaired) electrons. The van der Waals surface area contributed by atoms with Crippen LogP contribution in [0.3, 0.4) is 0 Å². The Morgan fingerprint density at radius 1 is 1.08 bits per heavy atom. The highest BCUT2D eigenvalue weighted by atomic mass is 15.3. The zero-order valence-electron chi connectivity index (χ0n) is 14.1. The minimum absolute atomic E-state index is 0.313. The normalized spacial score (nSPS) is 23.0. The van der Waals surface area contributed by atoms with E-state index in [0.717, 1.165) is 49.5 Å². The molecular formula is C19H22N6. The Hall–Kier alpha value is -2.78. The van der Waals surface area contributed by atoms with Crippen LogP contribution in [-0.4, -0.2) is 46.6 Å². The Kier molecular flexibility index (Phi) is 4.16. The second kappa shape index (κ2) is 6.61. The molecule has 2 aliphatic rings. The molecule has 6 nitrogen and oxygen atoms in total. The number of fused-ring (bicyclic) bond motifs is 1. The highest BCUT2D eigenvalue weighted by Gasteiger charge is 2.37. The third-order valence-corrected chi connectivity index (χ3v) is 4.98. The number of nitrogen functional groups attached to an aromatic ring is 2. The maximum absolute atomic E-state index is 5.98. The number of rotatable bonds is 1. The van der Waals surface area contributed by atoms with Crippen LogP contribution in [0.1, 0.15) is 18.4 Å². The number of nitrogens with zero attached hydrogens (tertiary/aromatic N) is 4. The number of anilines is 3. The minimum Gasteiger partial charge on any atom is -0.399 e. The molecule has 4 N–H and O–H groups in total. The summed E-state index contributed by atoms with van der Waals surface area (Å²) in [7, 11) is 0. The van der Waals surface area contributed by atoms with Crippen LogP contribution in [0, 0.1) is 11.8 Å². The lowest BCUT2D eigenvalue weighted by molar-refractivity contribution is 0.203. The van der Waals surface area contributed by atoms with Crippen LogP contribution >= 0.6 is 0 Å². The number of hydrogen-bond acceptors (Lipinski definition) is 6. The number of piperazine rings is 1. The molecule has 1 aromatic carbocycles. The van der Waals surface area contributed by atoms with E-state index in [1.807, 2.05) is 24.3 Å². The lowest BCUT2D eigenvalue weighted by Crippen LogP contribution is -2.52. The monoisotopic (exact) mass is 334 g/mol. The molecule has 2 saturated heterocycles. The Morgan fingerprint density at radius 3 is 2.80 bits per heavy atom. The van der Waals surface area contributed by atoms with Crippen molar-refractivity contribution in [2.24, 2.45) is 0 Å². The van der Waals surface area contributed by atoms with Crippen LogP contribution in [0.2, 0.25) is 0 Å². The molecule has 3 heterocycles. The third-order valence-electron chi connectivity index (χ3n) is 4.98. The van der Waals surface area contributed by atoms with Gasteiger partial charge in [-0.25, -0.2) is 9.97 Å². The molecule has 2 aromatic rings. The van der Waals surface area contributed by atoms with Crippen molar-refractivity contribution in [2.75, 3.05) is 36.0 Å². The first-order valence-corrected chi connectivity index (χ1v) is 8.65. The quantitative estimate of drug-likeness (QED) is 0.605. The summed E-state index contributed by atoms with van der Waals surface area (Å²) in [5.74, 6) is 8.03. The summed E-state index contributed by atoms with van der Waals surface area (Å²) in [6.45, 7) is 2.80. The van der Waals surface area contributed by atoms with Gasteiger partial charge in [0.1, 0.15) is 0 Å². The number of hydrogen-bond donors (Lipinski definition) is 2. The number of aromatic nitrogens is 2. The molecule has 0 saturated carbocycles. The Balaban J connectivity index is 1.45. The summed E-state index contributed by atoms with van der Waals surface area (Å²) in [6, 6.07) is 8.57. The summed E-state index contributed by atoms with van der Waals surface area (Å²) < 4.78 is 0. The van der Waals surface area contributed by atoms with Gasteiger partial charge in [0.15, 0.2) is 11.6 Å². The van der Waals surface area contributed by atoms with Crippen molar-refractivity contribution < 1.29 is 0 Å². The molecule has 0 amide bonds. The molecule has 2 fully saturated rings. The van der Waals surface area contributed by atoms with Crippen LogP contribution in [0.5, 0.6) is 0 Å². The Labute approximate surface area is 147 Å². The van der Waals surface area contributed by atoms with Crippen LogP contribution in [0.25, 0.3) is 0 Å². The molecular weight excluding hydrogens is 312 g/mol. The van der Waals surface area contributed by atoms with Gasteiger partial charge in [-0.15, -0.1) is 0 Å². The molecule has 0 spiro atoms. The van der Waals surface area contributed by atoms with Gasteiger partial charge in [0.2, 0.25) is 0 Å². The van der Waals surface area contributed by atoms with Gasteiger partial charge < -0.3 is 16.4 Å². The first-order valence-electron chi connectivity index (χ1n) is 8.65. The fraction of sp³-hybridized carbons (Fsp3) is 0.368. The topological polar surface area (TPSA) is 84.3 Å². The first-order chi connectivity index (χ1) is 12.2. The predicted octanol–water partition coefficient (Wildman–Crippen LogP) is 1.35. The van der Waals surface area contributed by atoms with Crippen molar-refractivity contribution in [3.8, 4) is 11.8 Å². The summed E-state index contributed by atoms with van der Waals surface area (Å²) in [6.07, 6.45) is 5.58. The summed E-state index contributed by atoms with van der Waals surface area (Å²) in [5.41, 5.74) is 13.5. The molecule has 2 aliphatic heterocycles. The first kappa shape index (κ1) is 15.7. The van der Waals surface area contributed by atoms with Crippen molar-refractivity contribution in [1.29, 1.82) is 0 Å². The maximum Gasteiger partial charge on any atom is 0.171 e. The van der Waals surface area contributed by atoms with E-state index < -0.39 is 0 Å². The van der Waals surface area contributed by atoms with Crippen molar-refractivity contribution in [1.82, 2.24) is 14.9 Å². The molecule has 25 heavy (non-hydrogen) atoms. The summed E-state index contributed by atoms with van der Waals surface area (Å²) in [4.78, 5) is 13.3. The van der Waals surface area contributed by atoms with E-state index in [-0.39, 0.29) is 0 Å². The van der Waals surface area contributed by atoms with Crippen molar-refractivity contribution >= 4 is 17.3 Å². The molecule has 4 rings (SSSR count). The maximum atomic E-state index is 5.98. The van der Waals surface area contributed by atoms with Gasteiger partial charge in [0, 0.05) is 49.3 Å². The van der Waals surface area contributed by atoms with E-state index in [1.54, 1.807) is 12.4 Å². The third kappa shape index (κ3) is 3.24. The van der Waals surface area contributed by atoms with E-state index in [4.69, 9.17) is 11.5 Å². The minimum atomic E-state index is 0.313. The van der Waals surface area contributed by atoms with E-state index in [0.29, 0.717) is 17.9 Å². The molecule has 6 heteroatoms. The Bertz CT molecular complexity index is 824. The molecule has 128 valence electrons. The lowest BCUT2D eigenvalue weighted by atomic mass is 10.1. The fourth-order valence-electron chi connectivity index (χ4n) is 3.77. The van der Waals surface area contributed by atoms with Crippen molar-refractivity contribution in [3.05, 3.63) is 42.2 Å². The van der Waals surface area contributed by atoms with E-state index in [9.17, 15) is 0 Å². The van der Waals surface area contributed by atoms with E-state index >= 15 is 0 Å². The predicted molar refractivity (Wildman–Crippen MR) is 99.9 cm³/mol. The molecule has 1 aromatic heterocycles. The smallest absolute Gasteiger partial charge is 0.171 e. The zero-order valence-corrected chi connectivity index (χ0v) is 14.1. The van der Waals surface area contributed by atoms with E-state index in [2.05, 4.69) is 31.6 Å². The van der Waals surface area contributed by atoms with Crippen molar-refractivity contribution in [2.45, 2.75) is 24.9 Å². The van der Waals surface area contributed by atoms with Crippen LogP contribution in [0.15, 0.2) is 36.7 Å². The van der Waals surface area contributed by atoms with Crippen molar-refractivity contribution in [3.63, 3.8) is 0 Å². The fourth-order valence-corrected chi connectivity index (χ4v) is 3.77. The van der Waals surface area contributed by atoms with Crippen LogP contribution in [0.4, 0.5) is 17.3 Å². The van der Waals surface area contributed by atoms with Gasteiger partial charge in [0.25, 0.3) is 0 Å². The van der Waals surface area contributed by atoms with Crippen LogP contribution in [-0.2, 0) is 0 Å². The number of nitrogens with two attached hydrogens (primary N) is 2. The molecule has 2 atom stereocenters. The lowest BCUT2D eigenvalue weighted by Gasteiger charge is -2.39. The highest BCUT2D eigenvalue weighted by Crippen LogP contribution is 2.30. The SMILES string of the molecule is Nc1cccc(C#CC2CC[C@H]3CN(c4nccnc4N)CCN23)c1. The van der Waals surface area contributed by atoms with Gasteiger partial charge in [-0.1, -0.05) is 17.9 Å². The summed E-state index contributed by atoms with van der Waals surface area (Å²) in [5, 5.41) is 0. The van der Waals surface area contributed by atoms with Crippen LogP contribution < -0.4 is 16.4 Å². The van der Waals surface area contributed by atoms with Gasteiger partial charge in [-0.2, -0.15) is 0 Å². The van der Waals surface area contributed by atoms with Gasteiger partial charge >= 0.3 is 0 Å². The van der Waals surface area contributed by atoms with Gasteiger partial charge in [0.05, 0.1) is 6.04 Å².